The quantitative estimate of drug-likeness (QED) is 0.460. The molecule has 1 aromatic carbocycles. The number of hydrogen-bond donors (Lipinski definition) is 0. The summed E-state index contributed by atoms with van der Waals surface area (Å²) in [7, 11) is -0.651. The fourth-order valence-electron chi connectivity index (χ4n) is 2.95. The lowest BCUT2D eigenvalue weighted by Crippen LogP contribution is -2.37. The van der Waals surface area contributed by atoms with Crippen molar-refractivity contribution in [2.75, 3.05) is 33.6 Å². The van der Waals surface area contributed by atoms with Gasteiger partial charge < -0.3 is 18.6 Å². The zero-order valence-electron chi connectivity index (χ0n) is 17.6. The van der Waals surface area contributed by atoms with Crippen molar-refractivity contribution in [2.24, 2.45) is 5.92 Å². The van der Waals surface area contributed by atoms with E-state index in [2.05, 4.69) is 6.92 Å². The van der Waals surface area contributed by atoms with E-state index in [4.69, 9.17) is 13.7 Å². The van der Waals surface area contributed by atoms with E-state index in [-0.39, 0.29) is 17.6 Å². The summed E-state index contributed by atoms with van der Waals surface area (Å²) in [5.74, 6) is 0.495. The van der Waals surface area contributed by atoms with Gasteiger partial charge in [-0.3, -0.25) is 4.79 Å². The molecular weight excluding hydrogens is 382 g/mol. The molecule has 0 unspecified atom stereocenters. The maximum absolute atomic E-state index is 13.0. The number of carbonyl (C=O) groups is 1. The van der Waals surface area contributed by atoms with E-state index in [0.29, 0.717) is 25.4 Å². The number of amides is 1. The minimum atomic E-state index is -3.69. The molecule has 0 bridgehead atoms. The van der Waals surface area contributed by atoms with Crippen LogP contribution in [0.5, 0.6) is 11.5 Å². The molecule has 8 heteroatoms. The van der Waals surface area contributed by atoms with Gasteiger partial charge in [-0.15, -0.1) is 0 Å². The fourth-order valence-corrected chi connectivity index (χ4v) is 3.40. The second-order valence-corrected chi connectivity index (χ2v) is 8.35. The smallest absolute Gasteiger partial charge is 0.306 e. The third-order valence-corrected chi connectivity index (χ3v) is 4.95. The monoisotopic (exact) mass is 415 g/mol. The Hall–Kier alpha value is -1.80. The zero-order valence-corrected chi connectivity index (χ0v) is 18.4. The molecule has 0 saturated heterocycles. The molecule has 0 heterocycles. The van der Waals surface area contributed by atoms with Crippen molar-refractivity contribution >= 4 is 16.0 Å². The van der Waals surface area contributed by atoms with Crippen LogP contribution in [0, 0.1) is 5.92 Å². The molecule has 0 aliphatic heterocycles. The molecule has 160 valence electrons. The molecule has 7 nitrogen and oxygen atoms in total. The predicted octanol–water partition coefficient (Wildman–Crippen LogP) is 3.23. The number of methoxy groups -OCH3 is 2. The summed E-state index contributed by atoms with van der Waals surface area (Å²) >= 11 is 0. The largest absolute Gasteiger partial charge is 0.493 e. The van der Waals surface area contributed by atoms with E-state index in [9.17, 15) is 13.2 Å². The summed E-state index contributed by atoms with van der Waals surface area (Å²) in [6.45, 7) is 5.37. The van der Waals surface area contributed by atoms with E-state index >= 15 is 0 Å². The Morgan fingerprint density at radius 1 is 1.18 bits per heavy atom. The van der Waals surface area contributed by atoms with Crippen LogP contribution >= 0.6 is 0 Å². The summed E-state index contributed by atoms with van der Waals surface area (Å²) in [5.41, 5.74) is 0.759. The Labute approximate surface area is 169 Å². The number of ether oxygens (including phenoxy) is 2. The average Bonchev–Trinajstić information content (AvgIpc) is 2.64. The molecule has 0 aromatic heterocycles. The predicted molar refractivity (Wildman–Crippen MR) is 109 cm³/mol. The van der Waals surface area contributed by atoms with Gasteiger partial charge in [0.15, 0.2) is 11.5 Å². The maximum atomic E-state index is 13.0. The molecule has 1 rings (SSSR count). The molecule has 0 fully saturated rings. The second kappa shape index (κ2) is 11.9. The lowest BCUT2D eigenvalue weighted by Gasteiger charge is -2.27. The number of rotatable bonds is 13. The van der Waals surface area contributed by atoms with E-state index < -0.39 is 10.1 Å². The average molecular weight is 416 g/mol. The Balaban J connectivity index is 3.07. The molecule has 0 aliphatic carbocycles. The van der Waals surface area contributed by atoms with Crippen molar-refractivity contribution in [3.05, 3.63) is 23.8 Å². The summed E-state index contributed by atoms with van der Waals surface area (Å²) in [5, 5.41) is 0. The van der Waals surface area contributed by atoms with Crippen LogP contribution in [0.3, 0.4) is 0 Å². The highest BCUT2D eigenvalue weighted by molar-refractivity contribution is 7.86. The van der Waals surface area contributed by atoms with Crippen LogP contribution in [0.15, 0.2) is 18.2 Å². The van der Waals surface area contributed by atoms with Gasteiger partial charge in [-0.25, -0.2) is 0 Å². The summed E-state index contributed by atoms with van der Waals surface area (Å²) in [6, 6.07) is 5.04. The normalized spacial score (nSPS) is 12.5. The number of benzene rings is 1. The van der Waals surface area contributed by atoms with Crippen LogP contribution in [0.2, 0.25) is 0 Å². The molecule has 28 heavy (non-hydrogen) atoms. The van der Waals surface area contributed by atoms with Crippen LogP contribution in [-0.4, -0.2) is 52.9 Å². The molecule has 1 amide bonds. The van der Waals surface area contributed by atoms with Gasteiger partial charge >= 0.3 is 10.1 Å². The molecule has 0 radical (unpaired) electrons. The highest BCUT2D eigenvalue weighted by Gasteiger charge is 2.23. The first-order chi connectivity index (χ1) is 13.3. The van der Waals surface area contributed by atoms with Crippen LogP contribution in [-0.2, 0) is 26.2 Å². The van der Waals surface area contributed by atoms with Crippen molar-refractivity contribution in [3.8, 4) is 11.5 Å². The van der Waals surface area contributed by atoms with Gasteiger partial charge in [0, 0.05) is 26.1 Å². The van der Waals surface area contributed by atoms with Gasteiger partial charge in [0.2, 0.25) is 5.91 Å². The molecule has 0 saturated carbocycles. The SMILES string of the molecule is CCCC[C@@H](CC)C(=O)N(CCOC)Cc1ccc(OC)c(OS(C)(=O)=O)c1. The van der Waals surface area contributed by atoms with Crippen molar-refractivity contribution in [1.82, 2.24) is 4.90 Å². The molecule has 1 atom stereocenters. The minimum Gasteiger partial charge on any atom is -0.493 e. The van der Waals surface area contributed by atoms with Crippen LogP contribution in [0.25, 0.3) is 0 Å². The van der Waals surface area contributed by atoms with Gasteiger partial charge in [-0.1, -0.05) is 32.8 Å². The zero-order chi connectivity index (χ0) is 21.2. The van der Waals surface area contributed by atoms with Gasteiger partial charge in [-0.05, 0) is 30.5 Å². The topological polar surface area (TPSA) is 82.1 Å². The van der Waals surface area contributed by atoms with Gasteiger partial charge in [-0.2, -0.15) is 8.42 Å². The first-order valence-corrected chi connectivity index (χ1v) is 11.4. The maximum Gasteiger partial charge on any atom is 0.306 e. The standard InChI is InChI=1S/C20H33NO6S/c1-6-8-9-17(7-2)20(22)21(12-13-25-3)15-16-10-11-18(26-4)19(14-16)27-28(5,23)24/h10-11,14,17H,6-9,12-13,15H2,1-5H3/t17-/m1/s1. The highest BCUT2D eigenvalue weighted by Crippen LogP contribution is 2.30. The third kappa shape index (κ3) is 8.06. The van der Waals surface area contributed by atoms with E-state index in [1.54, 1.807) is 30.2 Å². The molecular formula is C20H33NO6S. The Bertz CT molecular complexity index is 719. The fraction of sp³-hybridized carbons (Fsp3) is 0.650. The van der Waals surface area contributed by atoms with Crippen molar-refractivity contribution in [3.63, 3.8) is 0 Å². The summed E-state index contributed by atoms with van der Waals surface area (Å²) in [6.07, 6.45) is 4.69. The third-order valence-electron chi connectivity index (χ3n) is 4.47. The number of unbranched alkanes of at least 4 members (excludes halogenated alkanes) is 1. The molecule has 0 spiro atoms. The Kier molecular flexibility index (Phi) is 10.3. The number of carbonyl (C=O) groups excluding carboxylic acids is 1. The van der Waals surface area contributed by atoms with Gasteiger partial charge in [0.1, 0.15) is 0 Å². The molecule has 0 N–H and O–H groups in total. The summed E-state index contributed by atoms with van der Waals surface area (Å²) in [4.78, 5) is 14.8. The first kappa shape index (κ1) is 24.2. The van der Waals surface area contributed by atoms with E-state index in [1.807, 2.05) is 6.92 Å². The minimum absolute atomic E-state index is 0.0261. The van der Waals surface area contributed by atoms with Crippen LogP contribution < -0.4 is 8.92 Å². The van der Waals surface area contributed by atoms with Crippen molar-refractivity contribution in [1.29, 1.82) is 0 Å². The molecule has 0 aliphatic rings. The second-order valence-electron chi connectivity index (χ2n) is 6.77. The van der Waals surface area contributed by atoms with Crippen LogP contribution in [0.4, 0.5) is 0 Å². The molecule has 1 aromatic rings. The van der Waals surface area contributed by atoms with Crippen LogP contribution in [0.1, 0.15) is 45.1 Å². The highest BCUT2D eigenvalue weighted by atomic mass is 32.2. The van der Waals surface area contributed by atoms with Crippen molar-refractivity contribution < 1.29 is 26.9 Å². The first-order valence-electron chi connectivity index (χ1n) is 9.59. The Morgan fingerprint density at radius 2 is 1.89 bits per heavy atom. The van der Waals surface area contributed by atoms with E-state index in [1.165, 1.54) is 7.11 Å². The lowest BCUT2D eigenvalue weighted by molar-refractivity contribution is -0.137. The number of hydrogen-bond acceptors (Lipinski definition) is 6. The lowest BCUT2D eigenvalue weighted by atomic mass is 9.97. The van der Waals surface area contributed by atoms with E-state index in [0.717, 1.165) is 37.5 Å². The van der Waals surface area contributed by atoms with Gasteiger partial charge in [0.25, 0.3) is 0 Å². The Morgan fingerprint density at radius 3 is 2.43 bits per heavy atom. The van der Waals surface area contributed by atoms with Gasteiger partial charge in [0.05, 0.1) is 20.0 Å². The number of nitrogens with zero attached hydrogens (tertiary/aromatic N) is 1. The van der Waals surface area contributed by atoms with Crippen molar-refractivity contribution in [2.45, 2.75) is 46.1 Å². The summed E-state index contributed by atoms with van der Waals surface area (Å²) < 4.78 is 38.4.